The van der Waals surface area contributed by atoms with E-state index >= 15 is 0 Å². The largest absolute Gasteiger partial charge is 0.454 e. The highest BCUT2D eigenvalue weighted by Gasteiger charge is 2.51. The zero-order valence-electron chi connectivity index (χ0n) is 10.7. The topological polar surface area (TPSA) is 43.4 Å². The fraction of sp³-hybridized carbons (Fsp3) is 0.467. The Balaban J connectivity index is 2.13. The van der Waals surface area contributed by atoms with Gasteiger partial charge in [-0.1, -0.05) is 19.6 Å². The first kappa shape index (κ1) is 11.5. The Morgan fingerprint density at radius 2 is 2.17 bits per heavy atom. The van der Waals surface area contributed by atoms with Crippen molar-refractivity contribution in [2.45, 2.75) is 32.8 Å². The average molecular weight is 244 g/mol. The van der Waals surface area contributed by atoms with Gasteiger partial charge >= 0.3 is 5.97 Å². The molecule has 1 saturated carbocycles. The van der Waals surface area contributed by atoms with E-state index in [1.807, 2.05) is 13.0 Å². The summed E-state index contributed by atoms with van der Waals surface area (Å²) in [6.07, 6.45) is 5.15. The van der Waals surface area contributed by atoms with E-state index in [0.717, 1.165) is 24.0 Å². The van der Waals surface area contributed by atoms with Crippen LogP contribution in [0.25, 0.3) is 0 Å². The van der Waals surface area contributed by atoms with Gasteiger partial charge in [-0.25, -0.2) is 4.79 Å². The molecule has 3 rings (SSSR count). The summed E-state index contributed by atoms with van der Waals surface area (Å²) in [5, 5.41) is 0. The number of carbonyl (C=O) groups is 2. The molecule has 3 heteroatoms. The van der Waals surface area contributed by atoms with E-state index in [1.165, 1.54) is 0 Å². The van der Waals surface area contributed by atoms with E-state index in [-0.39, 0.29) is 29.2 Å². The van der Waals surface area contributed by atoms with Crippen LogP contribution in [0.15, 0.2) is 35.5 Å². The molecular weight excluding hydrogens is 228 g/mol. The van der Waals surface area contributed by atoms with E-state index in [2.05, 4.69) is 13.5 Å². The molecule has 0 bridgehead atoms. The van der Waals surface area contributed by atoms with Gasteiger partial charge in [-0.2, -0.15) is 0 Å². The first-order chi connectivity index (χ1) is 8.44. The van der Waals surface area contributed by atoms with Crippen LogP contribution in [-0.4, -0.2) is 17.9 Å². The van der Waals surface area contributed by atoms with E-state index < -0.39 is 0 Å². The molecule has 3 atom stereocenters. The fourth-order valence-electron chi connectivity index (χ4n) is 3.44. The summed E-state index contributed by atoms with van der Waals surface area (Å²) in [6, 6.07) is 0. The van der Waals surface area contributed by atoms with Gasteiger partial charge in [0.1, 0.15) is 6.10 Å². The average Bonchev–Trinajstić information content (AvgIpc) is 2.60. The van der Waals surface area contributed by atoms with Crippen molar-refractivity contribution in [2.75, 3.05) is 0 Å². The summed E-state index contributed by atoms with van der Waals surface area (Å²) >= 11 is 0. The molecule has 3 nitrogen and oxygen atoms in total. The Bertz CT molecular complexity index is 538. The van der Waals surface area contributed by atoms with E-state index in [4.69, 9.17) is 4.74 Å². The van der Waals surface area contributed by atoms with Crippen LogP contribution in [0.4, 0.5) is 0 Å². The maximum Gasteiger partial charge on any atom is 0.334 e. The number of rotatable bonds is 0. The highest BCUT2D eigenvalue weighted by atomic mass is 16.6. The van der Waals surface area contributed by atoms with Crippen LogP contribution < -0.4 is 0 Å². The normalized spacial score (nSPS) is 38.7. The Labute approximate surface area is 106 Å². The second-order valence-corrected chi connectivity index (χ2v) is 5.65. The number of carbonyl (C=O) groups excluding carboxylic acids is 2. The SMILES string of the molecule is C=C1C(=O)OC2C3=C(C)C(=O)C=CC3(C)CCC12. The zero-order valence-corrected chi connectivity index (χ0v) is 10.7. The standard InChI is InChI=1S/C15H16O3/c1-8-10-4-6-15(3)7-5-11(16)9(2)12(15)13(10)18-14(8)17/h5,7,10,13H,1,4,6H2,2-3H3. The van der Waals surface area contributed by atoms with Gasteiger partial charge in [0.25, 0.3) is 0 Å². The number of esters is 1. The molecule has 94 valence electrons. The molecule has 0 spiro atoms. The lowest BCUT2D eigenvalue weighted by Crippen LogP contribution is -2.39. The lowest BCUT2D eigenvalue weighted by Gasteiger charge is -2.42. The van der Waals surface area contributed by atoms with E-state index in [0.29, 0.717) is 5.57 Å². The third kappa shape index (κ3) is 1.30. The Kier molecular flexibility index (Phi) is 2.19. The summed E-state index contributed by atoms with van der Waals surface area (Å²) in [6.45, 7) is 7.76. The van der Waals surface area contributed by atoms with Gasteiger partial charge in [0.05, 0.1) is 0 Å². The van der Waals surface area contributed by atoms with Crippen molar-refractivity contribution in [2.24, 2.45) is 11.3 Å². The van der Waals surface area contributed by atoms with Gasteiger partial charge in [0, 0.05) is 22.5 Å². The third-order valence-corrected chi connectivity index (χ3v) is 4.56. The molecule has 0 radical (unpaired) electrons. The van der Waals surface area contributed by atoms with Crippen molar-refractivity contribution < 1.29 is 14.3 Å². The molecule has 0 aromatic carbocycles. The van der Waals surface area contributed by atoms with Crippen LogP contribution in [0.1, 0.15) is 26.7 Å². The number of allylic oxidation sites excluding steroid dienone is 3. The summed E-state index contributed by atoms with van der Waals surface area (Å²) in [4.78, 5) is 23.5. The summed E-state index contributed by atoms with van der Waals surface area (Å²) < 4.78 is 5.45. The minimum Gasteiger partial charge on any atom is -0.454 e. The number of ketones is 1. The van der Waals surface area contributed by atoms with Crippen molar-refractivity contribution in [3.63, 3.8) is 0 Å². The second kappa shape index (κ2) is 3.44. The maximum absolute atomic E-state index is 11.8. The lowest BCUT2D eigenvalue weighted by molar-refractivity contribution is -0.138. The predicted molar refractivity (Wildman–Crippen MR) is 66.7 cm³/mol. The van der Waals surface area contributed by atoms with Gasteiger partial charge in [-0.15, -0.1) is 0 Å². The van der Waals surface area contributed by atoms with Crippen LogP contribution >= 0.6 is 0 Å². The van der Waals surface area contributed by atoms with Crippen LogP contribution in [-0.2, 0) is 14.3 Å². The summed E-state index contributed by atoms with van der Waals surface area (Å²) in [5.74, 6) is -0.233. The van der Waals surface area contributed by atoms with Crippen LogP contribution in [0, 0.1) is 11.3 Å². The van der Waals surface area contributed by atoms with Crippen LogP contribution in [0.3, 0.4) is 0 Å². The third-order valence-electron chi connectivity index (χ3n) is 4.56. The fourth-order valence-corrected chi connectivity index (χ4v) is 3.44. The molecule has 18 heavy (non-hydrogen) atoms. The molecule has 3 aliphatic rings. The minimum atomic E-state index is -0.309. The number of hydrogen-bond acceptors (Lipinski definition) is 3. The molecule has 1 aliphatic heterocycles. The highest BCUT2D eigenvalue weighted by Crippen LogP contribution is 2.52. The Hall–Kier alpha value is -1.64. The molecule has 0 N–H and O–H groups in total. The smallest absolute Gasteiger partial charge is 0.334 e. The van der Waals surface area contributed by atoms with Crippen LogP contribution in [0.5, 0.6) is 0 Å². The molecular formula is C15H16O3. The molecule has 0 aromatic rings. The van der Waals surface area contributed by atoms with Crippen molar-refractivity contribution in [1.29, 1.82) is 0 Å². The highest BCUT2D eigenvalue weighted by molar-refractivity contribution is 6.06. The van der Waals surface area contributed by atoms with Gasteiger partial charge in [-0.3, -0.25) is 4.79 Å². The molecule has 1 saturated heterocycles. The monoisotopic (exact) mass is 244 g/mol. The number of fused-ring (bicyclic) bond motifs is 3. The quantitative estimate of drug-likeness (QED) is 0.485. The van der Waals surface area contributed by atoms with Crippen molar-refractivity contribution in [1.82, 2.24) is 0 Å². The van der Waals surface area contributed by atoms with Crippen molar-refractivity contribution in [3.8, 4) is 0 Å². The summed E-state index contributed by atoms with van der Waals surface area (Å²) in [7, 11) is 0. The first-order valence-electron chi connectivity index (χ1n) is 6.28. The van der Waals surface area contributed by atoms with Gasteiger partial charge in [0.15, 0.2) is 5.78 Å². The molecule has 2 fully saturated rings. The number of ether oxygens (including phenoxy) is 1. The minimum absolute atomic E-state index is 0.0247. The molecule has 3 unspecified atom stereocenters. The lowest BCUT2D eigenvalue weighted by atomic mass is 9.62. The molecule has 1 heterocycles. The van der Waals surface area contributed by atoms with E-state index in [1.54, 1.807) is 6.08 Å². The maximum atomic E-state index is 11.8. The second-order valence-electron chi connectivity index (χ2n) is 5.65. The molecule has 0 aromatic heterocycles. The van der Waals surface area contributed by atoms with Gasteiger partial charge in [0.2, 0.25) is 0 Å². The van der Waals surface area contributed by atoms with Gasteiger partial charge < -0.3 is 4.74 Å². The van der Waals surface area contributed by atoms with Crippen molar-refractivity contribution >= 4 is 11.8 Å². The summed E-state index contributed by atoms with van der Waals surface area (Å²) in [5.41, 5.74) is 2.13. The Morgan fingerprint density at radius 3 is 2.89 bits per heavy atom. The molecule has 0 amide bonds. The number of hydrogen-bond donors (Lipinski definition) is 0. The Morgan fingerprint density at radius 1 is 1.44 bits per heavy atom. The first-order valence-corrected chi connectivity index (χ1v) is 6.28. The molecule has 2 aliphatic carbocycles. The van der Waals surface area contributed by atoms with Crippen LogP contribution in [0.2, 0.25) is 0 Å². The van der Waals surface area contributed by atoms with Gasteiger partial charge in [-0.05, 0) is 31.4 Å². The predicted octanol–water partition coefficient (Wildman–Crippen LogP) is 2.34. The van der Waals surface area contributed by atoms with Crippen molar-refractivity contribution in [3.05, 3.63) is 35.5 Å². The zero-order chi connectivity index (χ0) is 13.1. The van der Waals surface area contributed by atoms with E-state index in [9.17, 15) is 9.59 Å².